The van der Waals surface area contributed by atoms with Crippen molar-refractivity contribution in [1.82, 2.24) is 14.9 Å². The second-order valence-electron chi connectivity index (χ2n) is 5.72. The second kappa shape index (κ2) is 7.44. The number of nitrogens with one attached hydrogen (secondary N) is 1. The summed E-state index contributed by atoms with van der Waals surface area (Å²) < 4.78 is 1.54. The van der Waals surface area contributed by atoms with E-state index in [0.717, 1.165) is 22.6 Å². The van der Waals surface area contributed by atoms with Crippen molar-refractivity contribution in [2.45, 2.75) is 35.2 Å². The lowest BCUT2D eigenvalue weighted by molar-refractivity contribution is -0.118. The Labute approximate surface area is 149 Å². The zero-order valence-corrected chi connectivity index (χ0v) is 15.2. The van der Waals surface area contributed by atoms with Crippen molar-refractivity contribution in [1.29, 1.82) is 0 Å². The Bertz CT molecular complexity index is 805. The van der Waals surface area contributed by atoms with Crippen LogP contribution < -0.4 is 10.9 Å². The highest BCUT2D eigenvalue weighted by molar-refractivity contribution is 8.00. The molecule has 1 atom stereocenters. The molecule has 1 aromatic carbocycles. The molecule has 1 amide bonds. The molecule has 126 valence electrons. The van der Waals surface area contributed by atoms with E-state index in [0.29, 0.717) is 17.0 Å². The van der Waals surface area contributed by atoms with E-state index in [1.807, 2.05) is 30.3 Å². The molecule has 7 heteroatoms. The average molecular weight is 361 g/mol. The summed E-state index contributed by atoms with van der Waals surface area (Å²) in [6.45, 7) is 2.60. The Balaban J connectivity index is 1.61. The SMILES string of the molecule is C[C@@H]1Cc2nc(SCC(=O)NCc3ccccc3)n(C)c(=O)c2S1. The van der Waals surface area contributed by atoms with Crippen LogP contribution >= 0.6 is 23.5 Å². The number of amides is 1. The lowest BCUT2D eigenvalue weighted by atomic mass is 10.2. The third-order valence-corrected chi connectivity index (χ3v) is 5.99. The molecule has 0 spiro atoms. The van der Waals surface area contributed by atoms with Crippen molar-refractivity contribution < 1.29 is 4.79 Å². The number of carbonyl (C=O) groups is 1. The third-order valence-electron chi connectivity index (χ3n) is 3.74. The van der Waals surface area contributed by atoms with Gasteiger partial charge in [-0.2, -0.15) is 0 Å². The lowest BCUT2D eigenvalue weighted by Gasteiger charge is -2.09. The molecule has 0 fully saturated rings. The molecule has 3 rings (SSSR count). The third kappa shape index (κ3) is 3.84. The van der Waals surface area contributed by atoms with Gasteiger partial charge in [0.25, 0.3) is 5.56 Å². The van der Waals surface area contributed by atoms with Crippen LogP contribution in [-0.4, -0.2) is 26.5 Å². The van der Waals surface area contributed by atoms with Crippen LogP contribution in [-0.2, 0) is 24.8 Å². The van der Waals surface area contributed by atoms with Crippen LogP contribution in [0.15, 0.2) is 45.2 Å². The summed E-state index contributed by atoms with van der Waals surface area (Å²) in [6.07, 6.45) is 0.809. The van der Waals surface area contributed by atoms with E-state index >= 15 is 0 Å². The topological polar surface area (TPSA) is 64.0 Å². The summed E-state index contributed by atoms with van der Waals surface area (Å²) in [7, 11) is 1.71. The van der Waals surface area contributed by atoms with Gasteiger partial charge in [-0.1, -0.05) is 49.0 Å². The van der Waals surface area contributed by atoms with E-state index in [1.165, 1.54) is 11.8 Å². The molecule has 24 heavy (non-hydrogen) atoms. The maximum atomic E-state index is 12.4. The number of hydrogen-bond donors (Lipinski definition) is 1. The molecule has 1 N–H and O–H groups in total. The Morgan fingerprint density at radius 2 is 2.17 bits per heavy atom. The van der Waals surface area contributed by atoms with Crippen molar-refractivity contribution >= 4 is 29.4 Å². The number of benzene rings is 1. The zero-order chi connectivity index (χ0) is 17.1. The number of fused-ring (bicyclic) bond motifs is 1. The molecular formula is C17H19N3O2S2. The number of carbonyl (C=O) groups excluding carboxylic acids is 1. The van der Waals surface area contributed by atoms with E-state index in [4.69, 9.17) is 0 Å². The summed E-state index contributed by atoms with van der Waals surface area (Å²) in [4.78, 5) is 29.7. The van der Waals surface area contributed by atoms with Crippen LogP contribution in [0, 0.1) is 0 Å². The van der Waals surface area contributed by atoms with Gasteiger partial charge in [0.15, 0.2) is 5.16 Å². The standard InChI is InChI=1S/C17H19N3O2S2/c1-11-8-13-15(24-11)16(22)20(2)17(19-13)23-10-14(21)18-9-12-6-4-3-5-7-12/h3-7,11H,8-10H2,1-2H3,(H,18,21)/t11-/m1/s1. The van der Waals surface area contributed by atoms with E-state index in [2.05, 4.69) is 17.2 Å². The summed E-state index contributed by atoms with van der Waals surface area (Å²) in [5.74, 6) is 0.176. The molecule has 5 nitrogen and oxygen atoms in total. The Morgan fingerprint density at radius 3 is 2.92 bits per heavy atom. The minimum absolute atomic E-state index is 0.0125. The fourth-order valence-electron chi connectivity index (χ4n) is 2.48. The maximum absolute atomic E-state index is 12.4. The van der Waals surface area contributed by atoms with Gasteiger partial charge in [-0.25, -0.2) is 4.98 Å². The smallest absolute Gasteiger partial charge is 0.267 e. The number of aromatic nitrogens is 2. The number of hydrogen-bond acceptors (Lipinski definition) is 5. The lowest BCUT2D eigenvalue weighted by Crippen LogP contribution is -2.26. The van der Waals surface area contributed by atoms with Crippen LogP contribution in [0.2, 0.25) is 0 Å². The minimum Gasteiger partial charge on any atom is -0.351 e. The molecule has 0 bridgehead atoms. The largest absolute Gasteiger partial charge is 0.351 e. The summed E-state index contributed by atoms with van der Waals surface area (Å²) >= 11 is 2.89. The number of rotatable bonds is 5. The monoisotopic (exact) mass is 361 g/mol. The predicted octanol–water partition coefficient (Wildman–Crippen LogP) is 2.23. The highest BCUT2D eigenvalue weighted by Gasteiger charge is 2.25. The van der Waals surface area contributed by atoms with Crippen LogP contribution in [0.1, 0.15) is 18.2 Å². The highest BCUT2D eigenvalue weighted by atomic mass is 32.2. The van der Waals surface area contributed by atoms with Crippen molar-refractivity contribution in [2.75, 3.05) is 5.75 Å². The molecule has 1 aliphatic heterocycles. The first-order chi connectivity index (χ1) is 11.5. The average Bonchev–Trinajstić information content (AvgIpc) is 2.96. The quantitative estimate of drug-likeness (QED) is 0.653. The van der Waals surface area contributed by atoms with Gasteiger partial charge in [-0.15, -0.1) is 11.8 Å². The normalized spacial score (nSPS) is 16.0. The molecule has 0 unspecified atom stereocenters. The molecule has 0 saturated heterocycles. The van der Waals surface area contributed by atoms with Gasteiger partial charge in [-0.3, -0.25) is 14.2 Å². The van der Waals surface area contributed by atoms with Crippen LogP contribution in [0.25, 0.3) is 0 Å². The predicted molar refractivity (Wildman–Crippen MR) is 97.5 cm³/mol. The summed E-state index contributed by atoms with van der Waals surface area (Å²) in [5.41, 5.74) is 1.91. The zero-order valence-electron chi connectivity index (χ0n) is 13.6. The molecule has 1 aliphatic rings. The fourth-order valence-corrected chi connectivity index (χ4v) is 4.44. The van der Waals surface area contributed by atoms with E-state index in [1.54, 1.807) is 23.4 Å². The summed E-state index contributed by atoms with van der Waals surface area (Å²) in [6, 6.07) is 9.77. The molecule has 1 aromatic heterocycles. The highest BCUT2D eigenvalue weighted by Crippen LogP contribution is 2.33. The van der Waals surface area contributed by atoms with Gasteiger partial charge in [0.1, 0.15) is 0 Å². The first kappa shape index (κ1) is 17.1. The van der Waals surface area contributed by atoms with Crippen molar-refractivity contribution in [3.63, 3.8) is 0 Å². The van der Waals surface area contributed by atoms with E-state index in [-0.39, 0.29) is 17.2 Å². The van der Waals surface area contributed by atoms with Gasteiger partial charge < -0.3 is 5.32 Å². The van der Waals surface area contributed by atoms with Crippen LogP contribution in [0.3, 0.4) is 0 Å². The van der Waals surface area contributed by atoms with Gasteiger partial charge in [0.2, 0.25) is 5.91 Å². The van der Waals surface area contributed by atoms with Gasteiger partial charge >= 0.3 is 0 Å². The van der Waals surface area contributed by atoms with Crippen molar-refractivity contribution in [3.05, 3.63) is 51.9 Å². The fraction of sp³-hybridized carbons (Fsp3) is 0.353. The number of thioether (sulfide) groups is 2. The number of nitrogens with zero attached hydrogens (tertiary/aromatic N) is 2. The van der Waals surface area contributed by atoms with Gasteiger partial charge in [0, 0.05) is 25.3 Å². The van der Waals surface area contributed by atoms with Gasteiger partial charge in [-0.05, 0) is 5.56 Å². The molecule has 2 aromatic rings. The summed E-state index contributed by atoms with van der Waals surface area (Å²) in [5, 5.41) is 3.87. The first-order valence-electron chi connectivity index (χ1n) is 7.74. The Kier molecular flexibility index (Phi) is 5.30. The van der Waals surface area contributed by atoms with E-state index < -0.39 is 0 Å². The minimum atomic E-state index is -0.0682. The van der Waals surface area contributed by atoms with E-state index in [9.17, 15) is 9.59 Å². The Hall–Kier alpha value is -1.73. The Morgan fingerprint density at radius 1 is 1.42 bits per heavy atom. The molecule has 0 saturated carbocycles. The van der Waals surface area contributed by atoms with Crippen LogP contribution in [0.5, 0.6) is 0 Å². The molecule has 0 radical (unpaired) electrons. The maximum Gasteiger partial charge on any atom is 0.267 e. The van der Waals surface area contributed by atoms with Crippen LogP contribution in [0.4, 0.5) is 0 Å². The first-order valence-corrected chi connectivity index (χ1v) is 9.61. The van der Waals surface area contributed by atoms with Gasteiger partial charge in [0.05, 0.1) is 16.3 Å². The van der Waals surface area contributed by atoms with Crippen molar-refractivity contribution in [3.8, 4) is 0 Å². The molecular weight excluding hydrogens is 342 g/mol. The second-order valence-corrected chi connectivity index (χ2v) is 8.11. The molecule has 0 aliphatic carbocycles. The van der Waals surface area contributed by atoms with Crippen molar-refractivity contribution in [2.24, 2.45) is 7.05 Å². The molecule has 2 heterocycles.